The Labute approximate surface area is 173 Å². The number of aromatic carboxylic acids is 1. The first-order chi connectivity index (χ1) is 14.6. The molecule has 0 unspecified atom stereocenters. The number of hydrogen-bond acceptors (Lipinski definition) is 3. The van der Waals surface area contributed by atoms with Crippen LogP contribution in [0, 0.1) is 5.82 Å². The minimum absolute atomic E-state index is 0.118. The molecule has 2 N–H and O–H groups in total. The van der Waals surface area contributed by atoms with Crippen molar-refractivity contribution in [3.05, 3.63) is 107 Å². The Morgan fingerprint density at radius 1 is 0.933 bits per heavy atom. The van der Waals surface area contributed by atoms with Crippen molar-refractivity contribution in [3.63, 3.8) is 0 Å². The Bertz CT molecular complexity index is 1210. The third-order valence-corrected chi connectivity index (χ3v) is 4.92. The molecule has 0 aliphatic heterocycles. The average Bonchev–Trinajstić information content (AvgIpc) is 2.77. The molecule has 30 heavy (non-hydrogen) atoms. The van der Waals surface area contributed by atoms with Gasteiger partial charge in [0.15, 0.2) is 0 Å². The van der Waals surface area contributed by atoms with Gasteiger partial charge < -0.3 is 15.2 Å². The quantitative estimate of drug-likeness (QED) is 0.407. The first kappa shape index (κ1) is 19.5. The monoisotopic (exact) mass is 401 g/mol. The normalized spacial score (nSPS) is 10.7. The van der Waals surface area contributed by atoms with Crippen LogP contribution in [0.3, 0.4) is 0 Å². The number of fused-ring (bicyclic) bond motifs is 1. The van der Waals surface area contributed by atoms with E-state index >= 15 is 0 Å². The van der Waals surface area contributed by atoms with Crippen molar-refractivity contribution in [3.8, 4) is 5.75 Å². The van der Waals surface area contributed by atoms with E-state index in [1.807, 2.05) is 42.5 Å². The summed E-state index contributed by atoms with van der Waals surface area (Å²) < 4.78 is 20.0. The molecule has 0 bridgehead atoms. The number of carbonyl (C=O) groups is 1. The minimum atomic E-state index is -0.974. The van der Waals surface area contributed by atoms with Crippen LogP contribution < -0.4 is 10.1 Å². The Morgan fingerprint density at radius 3 is 2.57 bits per heavy atom. The number of carboxylic acid groups (broad SMARTS) is 1. The van der Waals surface area contributed by atoms with Gasteiger partial charge in [-0.1, -0.05) is 54.6 Å². The molecule has 0 aliphatic rings. The van der Waals surface area contributed by atoms with E-state index in [0.29, 0.717) is 23.5 Å². The van der Waals surface area contributed by atoms with Gasteiger partial charge in [0.1, 0.15) is 18.2 Å². The maximum atomic E-state index is 14.0. The van der Waals surface area contributed by atoms with Crippen molar-refractivity contribution in [2.75, 3.05) is 5.32 Å². The highest BCUT2D eigenvalue weighted by Crippen LogP contribution is 2.30. The van der Waals surface area contributed by atoms with Gasteiger partial charge in [0, 0.05) is 23.4 Å². The molecule has 0 atom stereocenters. The van der Waals surface area contributed by atoms with E-state index in [1.165, 1.54) is 6.07 Å². The van der Waals surface area contributed by atoms with E-state index < -0.39 is 5.97 Å². The molecule has 0 spiro atoms. The van der Waals surface area contributed by atoms with Gasteiger partial charge in [-0.25, -0.2) is 9.18 Å². The van der Waals surface area contributed by atoms with Gasteiger partial charge >= 0.3 is 5.97 Å². The number of carboxylic acids is 1. The third-order valence-electron chi connectivity index (χ3n) is 4.92. The largest absolute Gasteiger partial charge is 0.488 e. The number of rotatable bonds is 7. The lowest BCUT2D eigenvalue weighted by Gasteiger charge is -2.16. The van der Waals surface area contributed by atoms with Crippen LogP contribution in [-0.2, 0) is 13.2 Å². The lowest BCUT2D eigenvalue weighted by atomic mass is 10.0. The second-order valence-electron chi connectivity index (χ2n) is 6.88. The molecule has 4 nitrogen and oxygen atoms in total. The summed E-state index contributed by atoms with van der Waals surface area (Å²) in [5, 5.41) is 14.6. The van der Waals surface area contributed by atoms with Crippen molar-refractivity contribution in [2.45, 2.75) is 13.2 Å². The highest BCUT2D eigenvalue weighted by Gasteiger charge is 2.11. The van der Waals surface area contributed by atoms with Crippen molar-refractivity contribution >= 4 is 22.4 Å². The minimum Gasteiger partial charge on any atom is -0.488 e. The van der Waals surface area contributed by atoms with Crippen molar-refractivity contribution in [1.82, 2.24) is 0 Å². The Morgan fingerprint density at radius 2 is 1.73 bits per heavy atom. The van der Waals surface area contributed by atoms with Crippen molar-refractivity contribution in [2.24, 2.45) is 0 Å². The second-order valence-corrected chi connectivity index (χ2v) is 6.88. The van der Waals surface area contributed by atoms with Crippen molar-refractivity contribution in [1.29, 1.82) is 0 Å². The van der Waals surface area contributed by atoms with Crippen LogP contribution >= 0.6 is 0 Å². The maximum Gasteiger partial charge on any atom is 0.335 e. The van der Waals surface area contributed by atoms with E-state index in [2.05, 4.69) is 5.32 Å². The van der Waals surface area contributed by atoms with E-state index in [0.717, 1.165) is 16.3 Å². The first-order valence-corrected chi connectivity index (χ1v) is 9.56. The number of ether oxygens (including phenoxy) is 1. The zero-order valence-corrected chi connectivity index (χ0v) is 16.1. The molecule has 0 saturated carbocycles. The van der Waals surface area contributed by atoms with Gasteiger partial charge in [-0.05, 0) is 41.1 Å². The number of anilines is 1. The van der Waals surface area contributed by atoms with E-state index in [1.54, 1.807) is 36.4 Å². The van der Waals surface area contributed by atoms with Gasteiger partial charge in [0.25, 0.3) is 0 Å². The number of benzene rings is 4. The van der Waals surface area contributed by atoms with E-state index in [-0.39, 0.29) is 18.0 Å². The van der Waals surface area contributed by atoms with Gasteiger partial charge in [-0.15, -0.1) is 0 Å². The summed E-state index contributed by atoms with van der Waals surface area (Å²) in [5.41, 5.74) is 2.32. The molecule has 0 amide bonds. The summed E-state index contributed by atoms with van der Waals surface area (Å²) in [7, 11) is 0. The van der Waals surface area contributed by atoms with Crippen LogP contribution in [0.1, 0.15) is 21.5 Å². The van der Waals surface area contributed by atoms with Crippen LogP contribution in [0.4, 0.5) is 10.1 Å². The predicted molar refractivity (Wildman–Crippen MR) is 115 cm³/mol. The molecular formula is C25H20FNO3. The highest BCUT2D eigenvalue weighted by molar-refractivity contribution is 5.89. The molecule has 0 heterocycles. The molecule has 4 rings (SSSR count). The molecule has 0 fully saturated rings. The van der Waals surface area contributed by atoms with Gasteiger partial charge in [0.05, 0.1) is 5.56 Å². The molecular weight excluding hydrogens is 381 g/mol. The Hall–Kier alpha value is -3.86. The third kappa shape index (κ3) is 4.25. The fraction of sp³-hybridized carbons (Fsp3) is 0.0800. The van der Waals surface area contributed by atoms with Gasteiger partial charge in [-0.2, -0.15) is 0 Å². The lowest BCUT2D eigenvalue weighted by molar-refractivity contribution is 0.0697. The molecule has 150 valence electrons. The predicted octanol–water partition coefficient (Wildman–Crippen LogP) is 5.87. The van der Waals surface area contributed by atoms with Gasteiger partial charge in [-0.3, -0.25) is 0 Å². The van der Waals surface area contributed by atoms with Crippen molar-refractivity contribution < 1.29 is 19.0 Å². The maximum absolute atomic E-state index is 14.0. The molecule has 5 heteroatoms. The van der Waals surface area contributed by atoms with Gasteiger partial charge in [0.2, 0.25) is 0 Å². The zero-order chi connectivity index (χ0) is 20.9. The number of nitrogens with one attached hydrogen (secondary N) is 1. The summed E-state index contributed by atoms with van der Waals surface area (Å²) in [4.78, 5) is 11.2. The second kappa shape index (κ2) is 8.66. The molecule has 0 aliphatic carbocycles. The smallest absolute Gasteiger partial charge is 0.335 e. The van der Waals surface area contributed by atoms with Crippen LogP contribution in [-0.4, -0.2) is 11.1 Å². The lowest BCUT2D eigenvalue weighted by Crippen LogP contribution is -2.06. The van der Waals surface area contributed by atoms with Crippen LogP contribution in [0.25, 0.3) is 10.8 Å². The number of hydrogen-bond donors (Lipinski definition) is 2. The Kier molecular flexibility index (Phi) is 5.61. The van der Waals surface area contributed by atoms with Crippen LogP contribution in [0.15, 0.2) is 84.9 Å². The molecule has 0 saturated heterocycles. The fourth-order valence-electron chi connectivity index (χ4n) is 3.36. The van der Waals surface area contributed by atoms with E-state index in [9.17, 15) is 14.3 Å². The SMILES string of the molecule is O=C(O)c1cccc(NCc2c(OCc3ccccc3F)ccc3ccccc23)c1. The first-order valence-electron chi connectivity index (χ1n) is 9.56. The van der Waals surface area contributed by atoms with E-state index in [4.69, 9.17) is 4.74 Å². The topological polar surface area (TPSA) is 58.6 Å². The molecule has 0 aromatic heterocycles. The summed E-state index contributed by atoms with van der Waals surface area (Å²) >= 11 is 0. The fourth-order valence-corrected chi connectivity index (χ4v) is 3.36. The average molecular weight is 401 g/mol. The number of halogens is 1. The summed E-state index contributed by atoms with van der Waals surface area (Å²) in [6.07, 6.45) is 0. The molecule has 4 aromatic carbocycles. The zero-order valence-electron chi connectivity index (χ0n) is 16.1. The van der Waals surface area contributed by atoms with Crippen LogP contribution in [0.2, 0.25) is 0 Å². The molecule has 4 aromatic rings. The summed E-state index contributed by atoms with van der Waals surface area (Å²) in [6, 6.07) is 25.0. The highest BCUT2D eigenvalue weighted by atomic mass is 19.1. The summed E-state index contributed by atoms with van der Waals surface area (Å²) in [6.45, 7) is 0.545. The van der Waals surface area contributed by atoms with Crippen LogP contribution in [0.5, 0.6) is 5.75 Å². The summed E-state index contributed by atoms with van der Waals surface area (Å²) in [5.74, 6) is -0.625. The molecule has 0 radical (unpaired) electrons. The Balaban J connectivity index is 1.63. The standard InChI is InChI=1S/C25H20FNO3/c26-23-11-4-2-7-19(23)16-30-24-13-12-17-6-1-3-10-21(17)22(24)15-27-20-9-5-8-18(14-20)25(28)29/h1-14,27H,15-16H2,(H,28,29).